The van der Waals surface area contributed by atoms with Gasteiger partial charge in [0.2, 0.25) is 0 Å². The fourth-order valence-corrected chi connectivity index (χ4v) is 12.0. The molecule has 0 bridgehead atoms. The highest BCUT2D eigenvalue weighted by molar-refractivity contribution is 7.47. The molecular formula is C72H136O17P2. The molecule has 0 fully saturated rings. The number of phosphoric ester groups is 2. The first kappa shape index (κ1) is 88.5. The van der Waals surface area contributed by atoms with E-state index >= 15 is 0 Å². The third-order valence-electron chi connectivity index (χ3n) is 16.2. The number of esters is 4. The van der Waals surface area contributed by atoms with E-state index < -0.39 is 97.5 Å². The number of unbranched alkanes of at least 4 members (excludes halogenated alkanes) is 39. The van der Waals surface area contributed by atoms with Gasteiger partial charge in [-0.15, -0.1) is 0 Å². The van der Waals surface area contributed by atoms with Crippen LogP contribution in [0, 0.1) is 5.92 Å². The van der Waals surface area contributed by atoms with E-state index in [-0.39, 0.29) is 25.7 Å². The maximum Gasteiger partial charge on any atom is 0.472 e. The molecule has 0 rings (SSSR count). The lowest BCUT2D eigenvalue weighted by Gasteiger charge is -2.21. The number of carbonyl (C=O) groups is 4. The Morgan fingerprint density at radius 2 is 0.593 bits per heavy atom. The van der Waals surface area contributed by atoms with Crippen molar-refractivity contribution in [1.82, 2.24) is 0 Å². The number of aliphatic hydroxyl groups excluding tert-OH is 1. The first-order chi connectivity index (χ1) is 44.0. The van der Waals surface area contributed by atoms with Gasteiger partial charge < -0.3 is 33.8 Å². The van der Waals surface area contributed by atoms with Crippen molar-refractivity contribution in [3.63, 3.8) is 0 Å². The standard InChI is InChI=1S/C72H136O17P2/c1-6-9-12-15-18-20-22-23-25-29-33-36-41-46-51-56-70(75)83-62-68(89-72(77)58-53-48-43-38-34-30-27-24-26-28-32-35-40-44-49-54-65(4)5)64-87-91(80,81)85-60-66(73)59-84-90(78,79)86-63-67(61-82-69(74)55-50-45-39-17-14-11-8-3)88-71(76)57-52-47-42-37-31-21-19-16-13-10-7-2/h20,22-23,25,65-68,73H,6-19,21,24,26-64H2,1-5H3,(H,78,79)(H,80,81)/b22-20-,25-23-/t66-,67+,68+/m0/s1. The third kappa shape index (κ3) is 66.0. The van der Waals surface area contributed by atoms with Crippen molar-refractivity contribution in [1.29, 1.82) is 0 Å². The van der Waals surface area contributed by atoms with Crippen LogP contribution < -0.4 is 0 Å². The van der Waals surface area contributed by atoms with E-state index in [1.807, 2.05) is 0 Å². The number of phosphoric acid groups is 2. The van der Waals surface area contributed by atoms with Crippen LogP contribution in [0.25, 0.3) is 0 Å². The summed E-state index contributed by atoms with van der Waals surface area (Å²) >= 11 is 0. The SMILES string of the molecule is CCCCCC/C=C\C=C/CCCCCCCC(=O)OC[C@H](COP(=O)(O)OC[C@@H](O)COP(=O)(O)OC[C@@H](COC(=O)CCCCCCCCC)OC(=O)CCCCCCCCCCCCC)OC(=O)CCCCCCCCCCCCCCCCCC(C)C. The van der Waals surface area contributed by atoms with Crippen molar-refractivity contribution in [3.8, 4) is 0 Å². The van der Waals surface area contributed by atoms with Crippen LogP contribution in [-0.2, 0) is 65.4 Å². The van der Waals surface area contributed by atoms with Crippen molar-refractivity contribution >= 4 is 39.5 Å². The summed E-state index contributed by atoms with van der Waals surface area (Å²) in [6, 6.07) is 0. The van der Waals surface area contributed by atoms with E-state index in [2.05, 4.69) is 58.9 Å². The van der Waals surface area contributed by atoms with Crippen LogP contribution in [0.3, 0.4) is 0 Å². The van der Waals surface area contributed by atoms with Gasteiger partial charge in [-0.05, 0) is 57.3 Å². The highest BCUT2D eigenvalue weighted by Crippen LogP contribution is 2.45. The minimum atomic E-state index is -4.96. The fraction of sp³-hybridized carbons (Fsp3) is 0.889. The van der Waals surface area contributed by atoms with Gasteiger partial charge in [-0.1, -0.05) is 296 Å². The van der Waals surface area contributed by atoms with Crippen LogP contribution in [-0.4, -0.2) is 96.7 Å². The summed E-state index contributed by atoms with van der Waals surface area (Å²) in [5.74, 6) is -1.35. The largest absolute Gasteiger partial charge is 0.472 e. The third-order valence-corrected chi connectivity index (χ3v) is 18.1. The molecule has 5 atom stereocenters. The van der Waals surface area contributed by atoms with E-state index in [0.29, 0.717) is 25.7 Å². The highest BCUT2D eigenvalue weighted by atomic mass is 31.2. The van der Waals surface area contributed by atoms with Gasteiger partial charge in [0.25, 0.3) is 0 Å². The molecule has 0 aromatic heterocycles. The Hall–Kier alpha value is -2.46. The summed E-state index contributed by atoms with van der Waals surface area (Å²) in [5, 5.41) is 10.6. The van der Waals surface area contributed by atoms with E-state index in [0.717, 1.165) is 128 Å². The van der Waals surface area contributed by atoms with Crippen LogP contribution in [0.1, 0.15) is 349 Å². The van der Waals surface area contributed by atoms with Gasteiger partial charge in [0.15, 0.2) is 12.2 Å². The summed E-state index contributed by atoms with van der Waals surface area (Å²) in [7, 11) is -9.91. The Kier molecular flexibility index (Phi) is 63.1. The topological polar surface area (TPSA) is 237 Å². The lowest BCUT2D eigenvalue weighted by Crippen LogP contribution is -2.30. The first-order valence-electron chi connectivity index (χ1n) is 37.0. The molecule has 2 unspecified atom stereocenters. The predicted octanol–water partition coefficient (Wildman–Crippen LogP) is 20.5. The molecule has 0 amide bonds. The van der Waals surface area contributed by atoms with E-state index in [4.69, 9.17) is 37.0 Å². The molecule has 91 heavy (non-hydrogen) atoms. The van der Waals surface area contributed by atoms with Crippen molar-refractivity contribution in [2.75, 3.05) is 39.6 Å². The maximum atomic E-state index is 13.0. The number of hydrogen-bond donors (Lipinski definition) is 3. The van der Waals surface area contributed by atoms with Crippen LogP contribution in [0.2, 0.25) is 0 Å². The van der Waals surface area contributed by atoms with Gasteiger partial charge in [0.1, 0.15) is 19.3 Å². The Balaban J connectivity index is 5.23. The number of allylic oxidation sites excluding steroid dienone is 4. The first-order valence-corrected chi connectivity index (χ1v) is 39.9. The number of carbonyl (C=O) groups excluding carboxylic acids is 4. The number of ether oxygens (including phenoxy) is 4. The van der Waals surface area contributed by atoms with Crippen LogP contribution in [0.4, 0.5) is 0 Å². The molecule has 0 aromatic rings. The zero-order valence-electron chi connectivity index (χ0n) is 58.5. The molecule has 0 radical (unpaired) electrons. The van der Waals surface area contributed by atoms with Gasteiger partial charge in [-0.3, -0.25) is 37.3 Å². The predicted molar refractivity (Wildman–Crippen MR) is 368 cm³/mol. The molecule has 0 aromatic carbocycles. The van der Waals surface area contributed by atoms with E-state index in [1.165, 1.54) is 141 Å². The Morgan fingerprint density at radius 3 is 0.901 bits per heavy atom. The summed E-state index contributed by atoms with van der Waals surface area (Å²) in [4.78, 5) is 72.4. The van der Waals surface area contributed by atoms with Gasteiger partial charge in [0, 0.05) is 25.7 Å². The summed E-state index contributed by atoms with van der Waals surface area (Å²) in [5.41, 5.74) is 0. The molecule has 536 valence electrons. The molecule has 0 heterocycles. The maximum absolute atomic E-state index is 13.0. The molecule has 19 heteroatoms. The molecule has 0 saturated heterocycles. The Bertz CT molecular complexity index is 1850. The number of rotatable bonds is 70. The average molecular weight is 1340 g/mol. The van der Waals surface area contributed by atoms with E-state index in [9.17, 15) is 43.2 Å². The minimum Gasteiger partial charge on any atom is -0.462 e. The number of aliphatic hydroxyl groups is 1. The zero-order valence-corrected chi connectivity index (χ0v) is 60.3. The molecule has 3 N–H and O–H groups in total. The van der Waals surface area contributed by atoms with Gasteiger partial charge in [-0.2, -0.15) is 0 Å². The van der Waals surface area contributed by atoms with Crippen molar-refractivity contribution in [2.24, 2.45) is 5.92 Å². The van der Waals surface area contributed by atoms with Crippen molar-refractivity contribution < 1.29 is 80.2 Å². The molecule has 0 saturated carbocycles. The lowest BCUT2D eigenvalue weighted by atomic mass is 10.0. The smallest absolute Gasteiger partial charge is 0.462 e. The van der Waals surface area contributed by atoms with Crippen LogP contribution >= 0.6 is 15.6 Å². The quantitative estimate of drug-likeness (QED) is 0.0169. The molecular weight excluding hydrogens is 1200 g/mol. The molecule has 17 nitrogen and oxygen atoms in total. The Morgan fingerprint density at radius 1 is 0.341 bits per heavy atom. The minimum absolute atomic E-state index is 0.101. The summed E-state index contributed by atoms with van der Waals surface area (Å²) < 4.78 is 68.2. The van der Waals surface area contributed by atoms with Crippen LogP contribution in [0.15, 0.2) is 24.3 Å². The molecule has 0 aliphatic carbocycles. The lowest BCUT2D eigenvalue weighted by molar-refractivity contribution is -0.161. The van der Waals surface area contributed by atoms with Gasteiger partial charge in [0.05, 0.1) is 26.4 Å². The van der Waals surface area contributed by atoms with Gasteiger partial charge >= 0.3 is 39.5 Å². The summed E-state index contributed by atoms with van der Waals surface area (Å²) in [6.45, 7) is 7.17. The fourth-order valence-electron chi connectivity index (χ4n) is 10.5. The monoisotopic (exact) mass is 1330 g/mol. The van der Waals surface area contributed by atoms with Crippen molar-refractivity contribution in [3.05, 3.63) is 24.3 Å². The number of hydrogen-bond acceptors (Lipinski definition) is 15. The highest BCUT2D eigenvalue weighted by Gasteiger charge is 2.30. The second-order valence-electron chi connectivity index (χ2n) is 25.8. The van der Waals surface area contributed by atoms with E-state index in [1.54, 1.807) is 0 Å². The Labute approximate surface area is 554 Å². The van der Waals surface area contributed by atoms with Crippen molar-refractivity contribution in [2.45, 2.75) is 368 Å². The molecule has 0 spiro atoms. The molecule has 0 aliphatic heterocycles. The normalized spacial score (nSPS) is 14.2. The molecule has 0 aliphatic rings. The summed E-state index contributed by atoms with van der Waals surface area (Å²) in [6.07, 6.45) is 55.0. The van der Waals surface area contributed by atoms with Gasteiger partial charge in [-0.25, -0.2) is 9.13 Å². The second kappa shape index (κ2) is 64.9. The average Bonchev–Trinajstić information content (AvgIpc) is 3.19. The zero-order chi connectivity index (χ0) is 67.0. The second-order valence-corrected chi connectivity index (χ2v) is 28.7. The van der Waals surface area contributed by atoms with Crippen LogP contribution in [0.5, 0.6) is 0 Å².